The van der Waals surface area contributed by atoms with Crippen LogP contribution in [0.25, 0.3) is 0 Å². The first-order valence-corrected chi connectivity index (χ1v) is 9.10. The highest BCUT2D eigenvalue weighted by Crippen LogP contribution is 2.30. The van der Waals surface area contributed by atoms with Gasteiger partial charge < -0.3 is 19.5 Å². The number of nitrogens with zero attached hydrogens (tertiary/aromatic N) is 1. The molecule has 0 spiro atoms. The fourth-order valence-electron chi connectivity index (χ4n) is 2.31. The van der Waals surface area contributed by atoms with Crippen LogP contribution in [-0.4, -0.2) is 31.2 Å². The third-order valence-electron chi connectivity index (χ3n) is 3.89. The number of nitro groups is 1. The molecule has 0 fully saturated rings. The summed E-state index contributed by atoms with van der Waals surface area (Å²) in [5.74, 6) is 0.846. The molecule has 0 saturated carbocycles. The van der Waals surface area contributed by atoms with Gasteiger partial charge >= 0.3 is 11.7 Å². The zero-order valence-electron chi connectivity index (χ0n) is 16.5. The first-order chi connectivity index (χ1) is 13.9. The smallest absolute Gasteiger partial charge is 0.338 e. The van der Waals surface area contributed by atoms with Gasteiger partial charge in [-0.15, -0.1) is 0 Å². The Morgan fingerprint density at radius 3 is 2.28 bits per heavy atom. The molecule has 0 bridgehead atoms. The number of esters is 1. The molecule has 0 heterocycles. The minimum Gasteiger partial charge on any atom is -0.494 e. The van der Waals surface area contributed by atoms with E-state index in [1.54, 1.807) is 50.4 Å². The number of nitrogens with one attached hydrogen (secondary N) is 1. The Labute approximate surface area is 169 Å². The van der Waals surface area contributed by atoms with E-state index in [0.717, 1.165) is 6.42 Å². The van der Waals surface area contributed by atoms with Gasteiger partial charge in [-0.25, -0.2) is 4.79 Å². The maximum absolute atomic E-state index is 11.5. The van der Waals surface area contributed by atoms with Crippen LogP contribution in [0.4, 0.5) is 11.4 Å². The summed E-state index contributed by atoms with van der Waals surface area (Å²) in [5.41, 5.74) is 0.911. The average molecular weight is 400 g/mol. The van der Waals surface area contributed by atoms with E-state index in [2.05, 4.69) is 11.9 Å². The average Bonchev–Trinajstić information content (AvgIpc) is 2.71. The maximum Gasteiger partial charge on any atom is 0.338 e. The van der Waals surface area contributed by atoms with Gasteiger partial charge in [-0.3, -0.25) is 10.1 Å². The summed E-state index contributed by atoms with van der Waals surface area (Å²) in [6.07, 6.45) is 1.40. The predicted octanol–water partition coefficient (Wildman–Crippen LogP) is 4.36. The molecule has 8 nitrogen and oxygen atoms in total. The summed E-state index contributed by atoms with van der Waals surface area (Å²) in [5, 5.41) is 14.0. The topological polar surface area (TPSA) is 99.9 Å². The van der Waals surface area contributed by atoms with Crippen LogP contribution in [0, 0.1) is 10.1 Å². The third-order valence-corrected chi connectivity index (χ3v) is 3.89. The lowest BCUT2D eigenvalue weighted by Gasteiger charge is -2.09. The Morgan fingerprint density at radius 2 is 1.69 bits per heavy atom. The molecule has 2 rings (SSSR count). The molecule has 0 radical (unpaired) electrons. The Bertz CT molecular complexity index is 864. The van der Waals surface area contributed by atoms with Crippen molar-refractivity contribution in [2.24, 2.45) is 0 Å². The number of nitro benzene ring substituents is 1. The number of anilines is 1. The van der Waals surface area contributed by atoms with Gasteiger partial charge in [0.15, 0.2) is 5.75 Å². The number of carbonyl (C=O) groups is 1. The van der Waals surface area contributed by atoms with E-state index < -0.39 is 10.9 Å². The Morgan fingerprint density at radius 1 is 1.07 bits per heavy atom. The molecule has 2 aromatic rings. The predicted molar refractivity (Wildman–Crippen MR) is 110 cm³/mol. The van der Waals surface area contributed by atoms with E-state index in [4.69, 9.17) is 14.2 Å². The first kappa shape index (κ1) is 21.7. The molecule has 8 heteroatoms. The van der Waals surface area contributed by atoms with Crippen LogP contribution in [-0.2, 0) is 4.79 Å². The van der Waals surface area contributed by atoms with Gasteiger partial charge in [-0.1, -0.05) is 6.58 Å². The molecule has 1 N–H and O–H groups in total. The molecule has 0 atom stereocenters. The molecule has 0 amide bonds. The molecule has 0 aliphatic heterocycles. The van der Waals surface area contributed by atoms with Gasteiger partial charge in [0.1, 0.15) is 11.5 Å². The summed E-state index contributed by atoms with van der Waals surface area (Å²) >= 11 is 0. The number of hydrogen-bond donors (Lipinski definition) is 1. The number of unbranched alkanes of at least 4 members (excludes halogenated alkanes) is 1. The van der Waals surface area contributed by atoms with E-state index in [0.29, 0.717) is 42.4 Å². The van der Waals surface area contributed by atoms with Crippen molar-refractivity contribution < 1.29 is 23.9 Å². The second kappa shape index (κ2) is 10.7. The molecule has 0 unspecified atom stereocenters. The second-order valence-corrected chi connectivity index (χ2v) is 6.23. The van der Waals surface area contributed by atoms with Crippen molar-refractivity contribution in [2.75, 3.05) is 25.6 Å². The standard InChI is InChI=1S/C21H24N2O6/c1-15(2)21(24)29-18-9-7-17(8-10-18)27-12-4-5-13-28-20-11-6-16(22-3)14-19(20)23(25)26/h6-11,14,22H,1,4-5,12-13H2,2-3H3. The lowest BCUT2D eigenvalue weighted by atomic mass is 10.2. The van der Waals surface area contributed by atoms with Crippen LogP contribution < -0.4 is 19.5 Å². The number of rotatable bonds is 11. The van der Waals surface area contributed by atoms with E-state index in [1.807, 2.05) is 0 Å². The molecule has 0 aliphatic rings. The van der Waals surface area contributed by atoms with Crippen molar-refractivity contribution in [2.45, 2.75) is 19.8 Å². The van der Waals surface area contributed by atoms with Crippen molar-refractivity contribution in [3.8, 4) is 17.2 Å². The normalized spacial score (nSPS) is 10.1. The molecule has 0 aliphatic carbocycles. The molecule has 2 aromatic carbocycles. The maximum atomic E-state index is 11.5. The van der Waals surface area contributed by atoms with E-state index >= 15 is 0 Å². The highest BCUT2D eigenvalue weighted by atomic mass is 16.6. The Hall–Kier alpha value is -3.55. The van der Waals surface area contributed by atoms with Crippen molar-refractivity contribution in [3.63, 3.8) is 0 Å². The van der Waals surface area contributed by atoms with Crippen molar-refractivity contribution in [1.29, 1.82) is 0 Å². The lowest BCUT2D eigenvalue weighted by molar-refractivity contribution is -0.385. The third kappa shape index (κ3) is 6.84. The highest BCUT2D eigenvalue weighted by molar-refractivity contribution is 5.88. The molecule has 29 heavy (non-hydrogen) atoms. The number of benzene rings is 2. The summed E-state index contributed by atoms with van der Waals surface area (Å²) in [6, 6.07) is 11.5. The summed E-state index contributed by atoms with van der Waals surface area (Å²) < 4.78 is 16.3. The van der Waals surface area contributed by atoms with Gasteiger partial charge in [-0.05, 0) is 56.2 Å². The van der Waals surface area contributed by atoms with Crippen LogP contribution in [0.5, 0.6) is 17.2 Å². The first-order valence-electron chi connectivity index (χ1n) is 9.10. The monoisotopic (exact) mass is 400 g/mol. The van der Waals surface area contributed by atoms with Gasteiger partial charge in [0.2, 0.25) is 0 Å². The van der Waals surface area contributed by atoms with E-state index in [1.165, 1.54) is 6.07 Å². The second-order valence-electron chi connectivity index (χ2n) is 6.23. The van der Waals surface area contributed by atoms with Crippen molar-refractivity contribution >= 4 is 17.3 Å². The van der Waals surface area contributed by atoms with Crippen LogP contribution >= 0.6 is 0 Å². The van der Waals surface area contributed by atoms with E-state index in [9.17, 15) is 14.9 Å². The number of hydrogen-bond acceptors (Lipinski definition) is 7. The largest absolute Gasteiger partial charge is 0.494 e. The van der Waals surface area contributed by atoms with Gasteiger partial charge in [-0.2, -0.15) is 0 Å². The summed E-state index contributed by atoms with van der Waals surface area (Å²) in [6.45, 7) is 5.92. The molecule has 0 saturated heterocycles. The zero-order chi connectivity index (χ0) is 21.2. The van der Waals surface area contributed by atoms with Crippen LogP contribution in [0.1, 0.15) is 19.8 Å². The number of ether oxygens (including phenoxy) is 3. The zero-order valence-corrected chi connectivity index (χ0v) is 16.5. The van der Waals surface area contributed by atoms with Crippen LogP contribution in [0.2, 0.25) is 0 Å². The highest BCUT2D eigenvalue weighted by Gasteiger charge is 2.15. The summed E-state index contributed by atoms with van der Waals surface area (Å²) in [4.78, 5) is 22.1. The van der Waals surface area contributed by atoms with Gasteiger partial charge in [0.05, 0.1) is 18.1 Å². The van der Waals surface area contributed by atoms with Crippen LogP contribution in [0.15, 0.2) is 54.6 Å². The van der Waals surface area contributed by atoms with Crippen LogP contribution in [0.3, 0.4) is 0 Å². The fourth-order valence-corrected chi connectivity index (χ4v) is 2.31. The molecule has 0 aromatic heterocycles. The Kier molecular flexibility index (Phi) is 8.02. The molecule has 154 valence electrons. The van der Waals surface area contributed by atoms with Crippen molar-refractivity contribution in [3.05, 3.63) is 64.7 Å². The van der Waals surface area contributed by atoms with Gasteiger partial charge in [0, 0.05) is 24.4 Å². The fraction of sp³-hybridized carbons (Fsp3) is 0.286. The molecular weight excluding hydrogens is 376 g/mol. The van der Waals surface area contributed by atoms with Gasteiger partial charge in [0.25, 0.3) is 0 Å². The minimum absolute atomic E-state index is 0.0689. The molecular formula is C21H24N2O6. The minimum atomic E-state index is -0.473. The van der Waals surface area contributed by atoms with Crippen molar-refractivity contribution in [1.82, 2.24) is 0 Å². The quantitative estimate of drug-likeness (QED) is 0.149. The Balaban J connectivity index is 1.72. The lowest BCUT2D eigenvalue weighted by Crippen LogP contribution is -2.08. The SMILES string of the molecule is C=C(C)C(=O)Oc1ccc(OCCCCOc2ccc(NC)cc2[N+](=O)[O-])cc1. The van der Waals surface area contributed by atoms with E-state index in [-0.39, 0.29) is 11.4 Å². The number of carbonyl (C=O) groups excluding carboxylic acids is 1. The summed E-state index contributed by atoms with van der Waals surface area (Å²) in [7, 11) is 1.70.